The van der Waals surface area contributed by atoms with Crippen LogP contribution >= 0.6 is 0 Å². The van der Waals surface area contributed by atoms with Crippen LogP contribution in [-0.2, 0) is 33.2 Å². The molecule has 0 saturated carbocycles. The number of rotatable bonds is 38. The number of hydrogen-bond acceptors (Lipinski definition) is 18. The quantitative estimate of drug-likeness (QED) is 0.0313. The van der Waals surface area contributed by atoms with Gasteiger partial charge in [-0.25, -0.2) is 0 Å². The van der Waals surface area contributed by atoms with Gasteiger partial charge in [0.25, 0.3) is 0 Å². The van der Waals surface area contributed by atoms with E-state index in [9.17, 15) is 61.0 Å². The zero-order valence-electron chi connectivity index (χ0n) is 43.1. The van der Waals surface area contributed by atoms with Crippen molar-refractivity contribution in [3.63, 3.8) is 0 Å². The van der Waals surface area contributed by atoms with Crippen LogP contribution in [0, 0.1) is 0 Å². The van der Waals surface area contributed by atoms with Crippen LogP contribution in [0.4, 0.5) is 0 Å². The molecule has 0 aromatic carbocycles. The van der Waals surface area contributed by atoms with E-state index in [1.807, 2.05) is 6.08 Å². The van der Waals surface area contributed by atoms with Gasteiger partial charge in [0.1, 0.15) is 73.2 Å². The van der Waals surface area contributed by atoms with E-state index in [0.717, 1.165) is 70.6 Å². The molecule has 3 rings (SSSR count). The van der Waals surface area contributed by atoms with Gasteiger partial charge < -0.3 is 89.9 Å². The largest absolute Gasteiger partial charge is 0.394 e. The van der Waals surface area contributed by atoms with Crippen LogP contribution in [-0.4, -0.2) is 193 Å². The van der Waals surface area contributed by atoms with Crippen LogP contribution in [0.3, 0.4) is 0 Å². The first-order chi connectivity index (χ1) is 34.8. The lowest BCUT2D eigenvalue weighted by atomic mass is 9.96. The summed E-state index contributed by atoms with van der Waals surface area (Å²) in [6.07, 6.45) is 9.92. The summed E-state index contributed by atoms with van der Waals surface area (Å²) in [5.74, 6) is -0.293. The number of aliphatic hydroxyl groups excluding tert-OH is 11. The van der Waals surface area contributed by atoms with Crippen LogP contribution in [0.2, 0.25) is 0 Å². The van der Waals surface area contributed by atoms with Gasteiger partial charge in [0.15, 0.2) is 18.9 Å². The van der Waals surface area contributed by atoms with Crippen LogP contribution in [0.1, 0.15) is 162 Å². The molecule has 3 aliphatic heterocycles. The van der Waals surface area contributed by atoms with Crippen molar-refractivity contribution >= 4 is 5.91 Å². The molecule has 1 amide bonds. The van der Waals surface area contributed by atoms with Crippen molar-refractivity contribution in [2.24, 2.45) is 0 Å². The topological polar surface area (TPSA) is 307 Å². The lowest BCUT2D eigenvalue weighted by Crippen LogP contribution is -2.66. The molecule has 72 heavy (non-hydrogen) atoms. The van der Waals surface area contributed by atoms with E-state index >= 15 is 0 Å². The summed E-state index contributed by atoms with van der Waals surface area (Å²) in [4.78, 5) is 13.2. The molecule has 19 heteroatoms. The summed E-state index contributed by atoms with van der Waals surface area (Å²) in [6, 6.07) is -0.977. The van der Waals surface area contributed by atoms with Gasteiger partial charge in [0.05, 0.1) is 38.6 Å². The molecular weight excluding hydrogens is 939 g/mol. The van der Waals surface area contributed by atoms with Crippen LogP contribution in [0.25, 0.3) is 0 Å². The van der Waals surface area contributed by atoms with Gasteiger partial charge in [-0.15, -0.1) is 0 Å². The second-order valence-corrected chi connectivity index (χ2v) is 19.7. The predicted octanol–water partition coefficient (Wildman–Crippen LogP) is 2.98. The average Bonchev–Trinajstić information content (AvgIpc) is 3.37. The first kappa shape index (κ1) is 64.3. The normalized spacial score (nSPS) is 32.3. The number of nitrogens with one attached hydrogen (secondary N) is 1. The van der Waals surface area contributed by atoms with E-state index in [1.165, 1.54) is 64.2 Å². The zero-order valence-corrected chi connectivity index (χ0v) is 43.1. The molecule has 12 N–H and O–H groups in total. The van der Waals surface area contributed by atoms with Crippen molar-refractivity contribution in [2.75, 3.05) is 26.4 Å². The van der Waals surface area contributed by atoms with Gasteiger partial charge in [0, 0.05) is 6.42 Å². The Morgan fingerprint density at radius 3 is 1.46 bits per heavy atom. The highest BCUT2D eigenvalue weighted by Crippen LogP contribution is 2.33. The van der Waals surface area contributed by atoms with E-state index < -0.39 is 124 Å². The highest BCUT2D eigenvalue weighted by atomic mass is 16.8. The first-order valence-corrected chi connectivity index (χ1v) is 27.2. The number of carbonyl (C=O) groups is 1. The molecule has 3 heterocycles. The van der Waals surface area contributed by atoms with Gasteiger partial charge in [0.2, 0.25) is 5.91 Å². The van der Waals surface area contributed by atoms with Crippen LogP contribution in [0.5, 0.6) is 0 Å². The Morgan fingerprint density at radius 2 is 0.931 bits per heavy atom. The maximum absolute atomic E-state index is 13.2. The Hall–Kier alpha value is -1.99. The summed E-state index contributed by atoms with van der Waals surface area (Å²) in [7, 11) is 0. The summed E-state index contributed by atoms with van der Waals surface area (Å²) < 4.78 is 34.1. The second kappa shape index (κ2) is 37.7. The van der Waals surface area contributed by atoms with E-state index in [4.69, 9.17) is 28.4 Å². The Labute approximate surface area is 428 Å². The molecular formula is C53H95NO18. The number of allylic oxidation sites excluding steroid dienone is 5. The van der Waals surface area contributed by atoms with Crippen molar-refractivity contribution in [1.29, 1.82) is 0 Å². The third kappa shape index (κ3) is 22.7. The molecule has 0 aromatic heterocycles. The smallest absolute Gasteiger partial charge is 0.220 e. The Kier molecular flexibility index (Phi) is 33.7. The van der Waals surface area contributed by atoms with Gasteiger partial charge in [-0.2, -0.15) is 0 Å². The maximum atomic E-state index is 13.2. The molecule has 0 aliphatic carbocycles. The van der Waals surface area contributed by atoms with Crippen molar-refractivity contribution < 1.29 is 89.4 Å². The molecule has 19 nitrogen and oxygen atoms in total. The van der Waals surface area contributed by atoms with Crippen molar-refractivity contribution in [1.82, 2.24) is 5.32 Å². The zero-order chi connectivity index (χ0) is 52.7. The van der Waals surface area contributed by atoms with Crippen LogP contribution < -0.4 is 5.32 Å². The number of carbonyl (C=O) groups excluding carboxylic acids is 1. The number of hydrogen-bond donors (Lipinski definition) is 12. The van der Waals surface area contributed by atoms with Crippen molar-refractivity contribution in [2.45, 2.75) is 266 Å². The minimum Gasteiger partial charge on any atom is -0.394 e. The molecule has 0 radical (unpaired) electrons. The van der Waals surface area contributed by atoms with E-state index in [-0.39, 0.29) is 18.9 Å². The molecule has 17 unspecified atom stereocenters. The average molecular weight is 1030 g/mol. The molecule has 3 aliphatic rings. The van der Waals surface area contributed by atoms with Gasteiger partial charge in [-0.1, -0.05) is 147 Å². The molecule has 0 aromatic rings. The van der Waals surface area contributed by atoms with Gasteiger partial charge in [-0.3, -0.25) is 4.79 Å². The third-order valence-electron chi connectivity index (χ3n) is 13.7. The van der Waals surface area contributed by atoms with Gasteiger partial charge >= 0.3 is 0 Å². The monoisotopic (exact) mass is 1030 g/mol. The Balaban J connectivity index is 1.56. The Morgan fingerprint density at radius 1 is 0.500 bits per heavy atom. The van der Waals surface area contributed by atoms with Crippen molar-refractivity contribution in [3.8, 4) is 0 Å². The second-order valence-electron chi connectivity index (χ2n) is 19.7. The Bertz CT molecular complexity index is 1470. The number of amides is 1. The molecule has 0 spiro atoms. The number of aliphatic hydroxyl groups is 11. The standard InChI is InChI=1S/C53H95NO18/c1-3-5-7-9-11-13-15-17-19-21-23-25-27-29-31-41(59)54-36(37(58)30-28-26-24-22-20-18-16-14-12-10-8-6-4-2)35-67-51-47(65)44(62)49(39(33-56)69-51)72-53-48(66)45(63)50(40(34-57)70-53)71-52-46(64)43(61)42(60)38(32-55)68-52/h9,11,15,17,28,30,36-40,42-53,55-58,60-66H,3-8,10,12-14,16,18-27,29,31-35H2,1-2H3,(H,54,59)/b11-9-,17-15-,30-28+. The summed E-state index contributed by atoms with van der Waals surface area (Å²) >= 11 is 0. The van der Waals surface area contributed by atoms with E-state index in [1.54, 1.807) is 6.08 Å². The maximum Gasteiger partial charge on any atom is 0.220 e. The number of unbranched alkanes of at least 4 members (excludes halogenated alkanes) is 18. The third-order valence-corrected chi connectivity index (χ3v) is 13.7. The minimum absolute atomic E-state index is 0.227. The molecule has 17 atom stereocenters. The molecule has 3 saturated heterocycles. The predicted molar refractivity (Wildman–Crippen MR) is 268 cm³/mol. The highest BCUT2D eigenvalue weighted by molar-refractivity contribution is 5.76. The fourth-order valence-corrected chi connectivity index (χ4v) is 9.09. The van der Waals surface area contributed by atoms with E-state index in [0.29, 0.717) is 6.42 Å². The molecule has 420 valence electrons. The lowest BCUT2D eigenvalue weighted by Gasteiger charge is -2.48. The summed E-state index contributed by atoms with van der Waals surface area (Å²) in [5.41, 5.74) is 0. The van der Waals surface area contributed by atoms with Gasteiger partial charge in [-0.05, 0) is 44.9 Å². The minimum atomic E-state index is -1.98. The van der Waals surface area contributed by atoms with Crippen LogP contribution in [0.15, 0.2) is 36.5 Å². The highest BCUT2D eigenvalue weighted by Gasteiger charge is 2.53. The summed E-state index contributed by atoms with van der Waals surface area (Å²) in [5, 5.41) is 120. The fourth-order valence-electron chi connectivity index (χ4n) is 9.09. The molecule has 3 fully saturated rings. The first-order valence-electron chi connectivity index (χ1n) is 27.2. The number of ether oxygens (including phenoxy) is 6. The van der Waals surface area contributed by atoms with E-state index in [2.05, 4.69) is 43.5 Å². The summed E-state index contributed by atoms with van der Waals surface area (Å²) in [6.45, 7) is 1.63. The SMILES string of the molecule is CCCC/C=C\C/C=C\CCCCCCCC(=O)NC(COC1OC(CO)C(OC2OC(CO)C(OC3OC(CO)C(O)C(O)C3O)C(O)C2O)C(O)C1O)C(O)/C=C/CCCCCCCCCCCCC. The van der Waals surface area contributed by atoms with Crippen molar-refractivity contribution in [3.05, 3.63) is 36.5 Å². The fraction of sp³-hybridized carbons (Fsp3) is 0.868. The lowest BCUT2D eigenvalue weighted by molar-refractivity contribution is -0.379. The molecule has 0 bridgehead atoms.